The van der Waals surface area contributed by atoms with Gasteiger partial charge < -0.3 is 23.9 Å². The van der Waals surface area contributed by atoms with Crippen LogP contribution in [0.1, 0.15) is 96.8 Å². The van der Waals surface area contributed by atoms with E-state index in [4.69, 9.17) is 4.74 Å². The maximum atomic E-state index is 12.1. The summed E-state index contributed by atoms with van der Waals surface area (Å²) in [5.41, 5.74) is 0. The fourth-order valence-electron chi connectivity index (χ4n) is 3.24. The number of carboxylic acids is 1. The van der Waals surface area contributed by atoms with Gasteiger partial charge in [-0.1, -0.05) is 57.6 Å². The number of carbonyl (C=O) groups is 3. The van der Waals surface area contributed by atoms with E-state index in [9.17, 15) is 32.5 Å². The minimum absolute atomic E-state index is 0. The van der Waals surface area contributed by atoms with E-state index in [1.807, 2.05) is 12.2 Å². The molecule has 0 saturated carbocycles. The average Bonchev–Trinajstić information content (AvgIpc) is 2.74. The molecule has 0 aromatic carbocycles. The molecule has 0 fully saturated rings. The van der Waals surface area contributed by atoms with Crippen molar-refractivity contribution in [2.75, 3.05) is 7.11 Å². The van der Waals surface area contributed by atoms with E-state index in [0.29, 0.717) is 19.3 Å². The second-order valence-corrected chi connectivity index (χ2v) is 9.61. The standard InChI is InChI=1S/C23H40O9S.2Na/c1-3-4-5-12-15-19(32-22(25)18-20(23(26)27)33(28,29)30)16-13-10-8-6-7-9-11-14-17-21(24)31-2;;/h10,13,19-20H,3-9,11-12,14-18H2,1-2H3,(H,26,27)(H,28,29,30);;/q;2*+1/p-2. The van der Waals surface area contributed by atoms with E-state index in [1.165, 1.54) is 7.11 Å². The molecule has 0 aromatic heterocycles. The number of hydrogen-bond donors (Lipinski definition) is 0. The monoisotopic (exact) mass is 536 g/mol. The van der Waals surface area contributed by atoms with E-state index in [-0.39, 0.29) is 65.1 Å². The predicted octanol–water partition coefficient (Wildman–Crippen LogP) is -3.22. The van der Waals surface area contributed by atoms with Crippen LogP contribution in [0.2, 0.25) is 0 Å². The Morgan fingerprint density at radius 3 is 2.06 bits per heavy atom. The Bertz CT molecular complexity index is 712. The first-order chi connectivity index (χ1) is 15.6. The van der Waals surface area contributed by atoms with Crippen molar-refractivity contribution < 1.29 is 101 Å². The molecule has 0 aliphatic heterocycles. The van der Waals surface area contributed by atoms with Crippen LogP contribution in [0.15, 0.2) is 12.2 Å². The molecular weight excluding hydrogens is 498 g/mol. The molecule has 0 aliphatic rings. The molecule has 0 rings (SSSR count). The molecule has 12 heteroatoms. The van der Waals surface area contributed by atoms with Gasteiger partial charge in [0.15, 0.2) is 0 Å². The third-order valence-electron chi connectivity index (χ3n) is 5.19. The van der Waals surface area contributed by atoms with Crippen molar-refractivity contribution in [2.45, 2.75) is 108 Å². The van der Waals surface area contributed by atoms with Crippen LogP contribution < -0.4 is 64.2 Å². The molecule has 0 amide bonds. The summed E-state index contributed by atoms with van der Waals surface area (Å²) in [4.78, 5) is 34.0. The van der Waals surface area contributed by atoms with Crippen molar-refractivity contribution in [3.05, 3.63) is 12.2 Å². The number of rotatable bonds is 20. The number of carbonyl (C=O) groups excluding carboxylic acids is 3. The van der Waals surface area contributed by atoms with E-state index in [1.54, 1.807) is 0 Å². The van der Waals surface area contributed by atoms with Crippen LogP contribution in [0, 0.1) is 0 Å². The largest absolute Gasteiger partial charge is 1.00 e. The van der Waals surface area contributed by atoms with E-state index < -0.39 is 39.8 Å². The van der Waals surface area contributed by atoms with Crippen molar-refractivity contribution in [1.29, 1.82) is 0 Å². The molecule has 2 atom stereocenters. The molecule has 0 bridgehead atoms. The number of allylic oxidation sites excluding steroid dienone is 1. The molecule has 2 unspecified atom stereocenters. The zero-order valence-corrected chi connectivity index (χ0v) is 26.6. The Morgan fingerprint density at radius 1 is 0.886 bits per heavy atom. The SMILES string of the molecule is CCCCCCC(CC=CCCCCCCCC(=O)OC)OC(=O)CC(C(=O)[O-])S(=O)(=O)[O-].[Na+].[Na+]. The molecule has 0 aromatic rings. The molecular formula is C23H38Na2O9S. The fraction of sp³-hybridized carbons (Fsp3) is 0.783. The third kappa shape index (κ3) is 22.9. The first-order valence-electron chi connectivity index (χ1n) is 11.7. The van der Waals surface area contributed by atoms with E-state index in [2.05, 4.69) is 11.7 Å². The number of esters is 2. The third-order valence-corrected chi connectivity index (χ3v) is 6.24. The second-order valence-electron chi connectivity index (χ2n) is 8.06. The summed E-state index contributed by atoms with van der Waals surface area (Å²) >= 11 is 0. The minimum Gasteiger partial charge on any atom is -0.747 e. The van der Waals surface area contributed by atoms with Crippen LogP contribution in [0.5, 0.6) is 0 Å². The fourth-order valence-corrected chi connectivity index (χ4v) is 3.82. The molecule has 35 heavy (non-hydrogen) atoms. The Labute approximate surface area is 254 Å². The summed E-state index contributed by atoms with van der Waals surface area (Å²) in [6.07, 6.45) is 13.3. The Morgan fingerprint density at radius 2 is 1.49 bits per heavy atom. The summed E-state index contributed by atoms with van der Waals surface area (Å²) in [7, 11) is -3.83. The van der Waals surface area contributed by atoms with Crippen LogP contribution in [-0.2, 0) is 34.0 Å². The van der Waals surface area contributed by atoms with Crippen molar-refractivity contribution in [2.24, 2.45) is 0 Å². The maximum absolute atomic E-state index is 12.1. The summed E-state index contributed by atoms with van der Waals surface area (Å²) in [5, 5.41) is 8.43. The predicted molar refractivity (Wildman–Crippen MR) is 120 cm³/mol. The Hall–Kier alpha value is 0.0600. The number of carboxylic acid groups (broad SMARTS) is 1. The molecule has 192 valence electrons. The van der Waals surface area contributed by atoms with Crippen LogP contribution in [0.25, 0.3) is 0 Å². The van der Waals surface area contributed by atoms with E-state index >= 15 is 0 Å². The van der Waals surface area contributed by atoms with Gasteiger partial charge in [-0.05, 0) is 32.1 Å². The van der Waals surface area contributed by atoms with Crippen LogP contribution in [0.4, 0.5) is 0 Å². The molecule has 0 aliphatic carbocycles. The van der Waals surface area contributed by atoms with Gasteiger partial charge in [0.05, 0.1) is 24.7 Å². The van der Waals surface area contributed by atoms with Gasteiger partial charge in [0.25, 0.3) is 0 Å². The van der Waals surface area contributed by atoms with Crippen LogP contribution in [0.3, 0.4) is 0 Å². The minimum atomic E-state index is -5.21. The number of methoxy groups -OCH3 is 1. The zero-order chi connectivity index (χ0) is 25.1. The van der Waals surface area contributed by atoms with Crippen molar-refractivity contribution in [1.82, 2.24) is 0 Å². The topological polar surface area (TPSA) is 150 Å². The van der Waals surface area contributed by atoms with E-state index in [0.717, 1.165) is 64.2 Å². The molecule has 0 saturated heterocycles. The summed E-state index contributed by atoms with van der Waals surface area (Å²) in [5.74, 6) is -3.33. The number of aliphatic carboxylic acids is 1. The first-order valence-corrected chi connectivity index (χ1v) is 13.2. The molecule has 0 heterocycles. The van der Waals surface area contributed by atoms with Gasteiger partial charge in [-0.25, -0.2) is 8.42 Å². The second kappa shape index (κ2) is 24.4. The first kappa shape index (κ1) is 39.6. The van der Waals surface area contributed by atoms with Gasteiger partial charge in [-0.3, -0.25) is 9.59 Å². The molecule has 0 N–H and O–H groups in total. The van der Waals surface area contributed by atoms with Crippen molar-refractivity contribution in [3.8, 4) is 0 Å². The van der Waals surface area contributed by atoms with Crippen LogP contribution >= 0.6 is 0 Å². The summed E-state index contributed by atoms with van der Waals surface area (Å²) < 4.78 is 42.9. The maximum Gasteiger partial charge on any atom is 1.00 e. The van der Waals surface area contributed by atoms with Gasteiger partial charge in [0.2, 0.25) is 0 Å². The quantitative estimate of drug-likeness (QED) is 0.0515. The van der Waals surface area contributed by atoms with Crippen molar-refractivity contribution >= 4 is 28.0 Å². The normalized spacial score (nSPS) is 12.8. The molecule has 9 nitrogen and oxygen atoms in total. The molecule has 0 spiro atoms. The smallest absolute Gasteiger partial charge is 0.747 e. The number of unbranched alkanes of at least 4 members (excludes halogenated alkanes) is 8. The van der Waals surface area contributed by atoms with Crippen LogP contribution in [-0.4, -0.2) is 49.3 Å². The zero-order valence-electron chi connectivity index (χ0n) is 21.8. The van der Waals surface area contributed by atoms with Gasteiger partial charge >= 0.3 is 71.1 Å². The van der Waals surface area contributed by atoms with Gasteiger partial charge in [0, 0.05) is 12.8 Å². The Balaban J connectivity index is -0.00000512. The summed E-state index contributed by atoms with van der Waals surface area (Å²) in [6, 6.07) is 0. The van der Waals surface area contributed by atoms with Gasteiger partial charge in [-0.15, -0.1) is 0 Å². The average molecular weight is 537 g/mol. The Kier molecular flexibility index (Phi) is 27.6. The van der Waals surface area contributed by atoms with Gasteiger partial charge in [-0.2, -0.15) is 0 Å². The molecule has 0 radical (unpaired) electrons. The summed E-state index contributed by atoms with van der Waals surface area (Å²) in [6.45, 7) is 2.07. The number of ether oxygens (including phenoxy) is 2. The van der Waals surface area contributed by atoms with Crippen molar-refractivity contribution in [3.63, 3.8) is 0 Å². The van der Waals surface area contributed by atoms with Gasteiger partial charge in [0.1, 0.15) is 16.2 Å². The number of hydrogen-bond acceptors (Lipinski definition) is 9.